The monoisotopic (exact) mass is 395 g/mol. The van der Waals surface area contributed by atoms with Crippen LogP contribution in [0.3, 0.4) is 0 Å². The number of benzene rings is 2. The summed E-state index contributed by atoms with van der Waals surface area (Å²) in [6.07, 6.45) is 3.19. The third-order valence-electron chi connectivity index (χ3n) is 5.20. The fraction of sp³-hybridized carbons (Fsp3) is 0.364. The zero-order valence-electron chi connectivity index (χ0n) is 16.3. The Morgan fingerprint density at radius 1 is 0.862 bits per heavy atom. The molecule has 2 aliphatic rings. The second-order valence-corrected chi connectivity index (χ2v) is 7.24. The first kappa shape index (κ1) is 19.1. The van der Waals surface area contributed by atoms with Gasteiger partial charge in [0.15, 0.2) is 11.5 Å². The Bertz CT molecular complexity index is 876. The minimum atomic E-state index is -0.646. The van der Waals surface area contributed by atoms with Gasteiger partial charge in [-0.25, -0.2) is 0 Å². The van der Waals surface area contributed by atoms with Crippen molar-refractivity contribution in [2.45, 2.75) is 25.8 Å². The van der Waals surface area contributed by atoms with Crippen molar-refractivity contribution in [1.29, 1.82) is 0 Å². The van der Waals surface area contributed by atoms with Crippen LogP contribution in [-0.2, 0) is 22.6 Å². The first-order valence-corrected chi connectivity index (χ1v) is 9.97. The fourth-order valence-corrected chi connectivity index (χ4v) is 3.56. The molecule has 0 saturated carbocycles. The van der Waals surface area contributed by atoms with Gasteiger partial charge in [0.2, 0.25) is 6.79 Å². The molecule has 0 spiro atoms. The molecule has 2 aromatic rings. The van der Waals surface area contributed by atoms with Gasteiger partial charge in [0, 0.05) is 31.9 Å². The number of anilines is 1. The molecule has 152 valence electrons. The molecule has 0 radical (unpaired) electrons. The summed E-state index contributed by atoms with van der Waals surface area (Å²) in [7, 11) is 0. The third kappa shape index (κ3) is 4.80. The Balaban J connectivity index is 1.18. The molecule has 4 rings (SSSR count). The summed E-state index contributed by atoms with van der Waals surface area (Å²) in [6, 6.07) is 13.8. The predicted molar refractivity (Wildman–Crippen MR) is 109 cm³/mol. The first-order chi connectivity index (χ1) is 14.2. The molecule has 0 aromatic heterocycles. The number of nitrogens with one attached hydrogen (secondary N) is 2. The lowest BCUT2D eigenvalue weighted by Gasteiger charge is -2.17. The van der Waals surface area contributed by atoms with E-state index in [1.54, 1.807) is 12.1 Å². The van der Waals surface area contributed by atoms with Crippen LogP contribution in [0.1, 0.15) is 24.0 Å². The molecule has 0 atom stereocenters. The van der Waals surface area contributed by atoms with E-state index >= 15 is 0 Å². The minimum Gasteiger partial charge on any atom is -0.454 e. The fourth-order valence-electron chi connectivity index (χ4n) is 3.56. The van der Waals surface area contributed by atoms with Crippen molar-refractivity contribution in [1.82, 2.24) is 10.6 Å². The SMILES string of the molecule is O=C(NCCc1ccc(N2CCCC2)cc1)C(=O)NCc1ccc2c(c1)OCO2. The number of hydrogen-bond donors (Lipinski definition) is 2. The zero-order chi connectivity index (χ0) is 20.1. The van der Waals surface area contributed by atoms with Crippen molar-refractivity contribution in [2.75, 3.05) is 31.3 Å². The summed E-state index contributed by atoms with van der Waals surface area (Å²) >= 11 is 0. The van der Waals surface area contributed by atoms with E-state index in [1.807, 2.05) is 6.07 Å². The Labute approximate surface area is 170 Å². The van der Waals surface area contributed by atoms with E-state index < -0.39 is 11.8 Å². The van der Waals surface area contributed by atoms with Crippen LogP contribution in [0, 0.1) is 0 Å². The molecule has 2 aliphatic heterocycles. The summed E-state index contributed by atoms with van der Waals surface area (Å²) in [5.41, 5.74) is 3.22. The summed E-state index contributed by atoms with van der Waals surface area (Å²) < 4.78 is 10.6. The molecule has 1 fully saturated rings. The van der Waals surface area contributed by atoms with Crippen molar-refractivity contribution in [3.8, 4) is 11.5 Å². The number of carbonyl (C=O) groups is 2. The Hall–Kier alpha value is -3.22. The van der Waals surface area contributed by atoms with Crippen molar-refractivity contribution in [3.05, 3.63) is 53.6 Å². The second-order valence-electron chi connectivity index (χ2n) is 7.24. The van der Waals surface area contributed by atoms with Crippen molar-refractivity contribution >= 4 is 17.5 Å². The van der Waals surface area contributed by atoms with Crippen LogP contribution in [0.25, 0.3) is 0 Å². The molecule has 1 saturated heterocycles. The van der Waals surface area contributed by atoms with E-state index in [0.717, 1.165) is 24.2 Å². The summed E-state index contributed by atoms with van der Waals surface area (Å²) in [4.78, 5) is 26.4. The van der Waals surface area contributed by atoms with Gasteiger partial charge in [-0.3, -0.25) is 9.59 Å². The van der Waals surface area contributed by atoms with Crippen LogP contribution >= 0.6 is 0 Å². The minimum absolute atomic E-state index is 0.203. The molecule has 0 aliphatic carbocycles. The summed E-state index contributed by atoms with van der Waals surface area (Å²) in [5.74, 6) is 0.0645. The number of nitrogens with zero attached hydrogens (tertiary/aromatic N) is 1. The van der Waals surface area contributed by atoms with Gasteiger partial charge in [0.25, 0.3) is 0 Å². The van der Waals surface area contributed by atoms with E-state index in [2.05, 4.69) is 39.8 Å². The summed E-state index contributed by atoms with van der Waals surface area (Å²) in [6.45, 7) is 3.11. The van der Waals surface area contributed by atoms with Gasteiger partial charge in [-0.05, 0) is 54.7 Å². The maximum atomic E-state index is 12.0. The van der Waals surface area contributed by atoms with Gasteiger partial charge < -0.3 is 25.0 Å². The average molecular weight is 395 g/mol. The largest absolute Gasteiger partial charge is 0.454 e. The van der Waals surface area contributed by atoms with E-state index in [4.69, 9.17) is 9.47 Å². The van der Waals surface area contributed by atoms with Gasteiger partial charge in [-0.1, -0.05) is 18.2 Å². The number of ether oxygens (including phenoxy) is 2. The van der Waals surface area contributed by atoms with E-state index in [1.165, 1.54) is 18.5 Å². The Morgan fingerprint density at radius 2 is 1.55 bits per heavy atom. The number of fused-ring (bicyclic) bond motifs is 1. The standard InChI is InChI=1S/C22H25N3O4/c26-21(22(27)24-14-17-5-8-19-20(13-17)29-15-28-19)23-10-9-16-3-6-18(7-4-16)25-11-1-2-12-25/h3-8,13H,1-2,9-12,14-15H2,(H,23,26)(H,24,27). The zero-order valence-corrected chi connectivity index (χ0v) is 16.3. The van der Waals surface area contributed by atoms with Gasteiger partial charge in [-0.15, -0.1) is 0 Å². The van der Waals surface area contributed by atoms with Crippen molar-refractivity contribution in [3.63, 3.8) is 0 Å². The molecule has 2 amide bonds. The van der Waals surface area contributed by atoms with Crippen molar-refractivity contribution < 1.29 is 19.1 Å². The van der Waals surface area contributed by atoms with Gasteiger partial charge in [0.1, 0.15) is 0 Å². The Morgan fingerprint density at radius 3 is 2.34 bits per heavy atom. The molecule has 2 heterocycles. The number of rotatable bonds is 6. The molecule has 2 aromatic carbocycles. The van der Waals surface area contributed by atoms with Crippen LogP contribution in [0.15, 0.2) is 42.5 Å². The highest BCUT2D eigenvalue weighted by atomic mass is 16.7. The van der Waals surface area contributed by atoms with Gasteiger partial charge >= 0.3 is 11.8 Å². The van der Waals surface area contributed by atoms with Crippen LogP contribution in [0.2, 0.25) is 0 Å². The highest BCUT2D eigenvalue weighted by Gasteiger charge is 2.16. The average Bonchev–Trinajstić information content (AvgIpc) is 3.44. The van der Waals surface area contributed by atoms with Gasteiger partial charge in [-0.2, -0.15) is 0 Å². The molecule has 7 heteroatoms. The topological polar surface area (TPSA) is 79.9 Å². The smallest absolute Gasteiger partial charge is 0.309 e. The lowest BCUT2D eigenvalue weighted by molar-refractivity contribution is -0.139. The maximum Gasteiger partial charge on any atom is 0.309 e. The molecule has 0 bridgehead atoms. The molecule has 0 unspecified atom stereocenters. The number of hydrogen-bond acceptors (Lipinski definition) is 5. The molecule has 29 heavy (non-hydrogen) atoms. The van der Waals surface area contributed by atoms with Gasteiger partial charge in [0.05, 0.1) is 0 Å². The Kier molecular flexibility index (Phi) is 5.84. The molecule has 7 nitrogen and oxygen atoms in total. The highest BCUT2D eigenvalue weighted by Crippen LogP contribution is 2.32. The molecule has 2 N–H and O–H groups in total. The number of amides is 2. The van der Waals surface area contributed by atoms with Crippen LogP contribution in [0.5, 0.6) is 11.5 Å². The highest BCUT2D eigenvalue weighted by molar-refractivity contribution is 6.35. The molecular formula is C22H25N3O4. The third-order valence-corrected chi connectivity index (χ3v) is 5.20. The maximum absolute atomic E-state index is 12.0. The van der Waals surface area contributed by atoms with E-state index in [9.17, 15) is 9.59 Å². The van der Waals surface area contributed by atoms with Crippen LogP contribution < -0.4 is 25.0 Å². The quantitative estimate of drug-likeness (QED) is 0.732. The predicted octanol–water partition coefficient (Wildman–Crippen LogP) is 1.99. The first-order valence-electron chi connectivity index (χ1n) is 9.97. The lowest BCUT2D eigenvalue weighted by atomic mass is 10.1. The van der Waals surface area contributed by atoms with E-state index in [0.29, 0.717) is 24.5 Å². The normalized spacial score (nSPS) is 14.7. The molecular weight excluding hydrogens is 370 g/mol. The summed E-state index contributed by atoms with van der Waals surface area (Å²) in [5, 5.41) is 5.30. The lowest BCUT2D eigenvalue weighted by Crippen LogP contribution is -2.40. The number of carbonyl (C=O) groups excluding carboxylic acids is 2. The van der Waals surface area contributed by atoms with Crippen LogP contribution in [-0.4, -0.2) is 38.2 Å². The van der Waals surface area contributed by atoms with Crippen molar-refractivity contribution in [2.24, 2.45) is 0 Å². The second kappa shape index (κ2) is 8.86. The van der Waals surface area contributed by atoms with E-state index in [-0.39, 0.29) is 13.3 Å². The van der Waals surface area contributed by atoms with Crippen LogP contribution in [0.4, 0.5) is 5.69 Å².